The van der Waals surface area contributed by atoms with E-state index in [-0.39, 0.29) is 16.8 Å². The first-order valence-corrected chi connectivity index (χ1v) is 9.14. The average molecular weight is 345 g/mol. The highest BCUT2D eigenvalue weighted by atomic mass is 35.5. The quantitative estimate of drug-likeness (QED) is 0.845. The number of benzene rings is 1. The molecule has 3 N–H and O–H groups in total. The van der Waals surface area contributed by atoms with Crippen LogP contribution in [0.15, 0.2) is 40.6 Å². The molecule has 0 saturated heterocycles. The number of halogens is 1. The summed E-state index contributed by atoms with van der Waals surface area (Å²) in [4.78, 5) is 0. The van der Waals surface area contributed by atoms with Gasteiger partial charge in [-0.05, 0) is 30.5 Å². The zero-order chi connectivity index (χ0) is 15.5. The molecule has 0 aliphatic rings. The minimum Gasteiger partial charge on any atom is -0.324 e. The Kier molecular flexibility index (Phi) is 5.40. The maximum absolute atomic E-state index is 12.1. The number of hydrogen-bond acceptors (Lipinski definition) is 4. The second-order valence-electron chi connectivity index (χ2n) is 4.73. The van der Waals surface area contributed by atoms with E-state index in [0.717, 1.165) is 22.5 Å². The number of aryl methyl sites for hydroxylation is 1. The third kappa shape index (κ3) is 4.28. The third-order valence-electron chi connectivity index (χ3n) is 3.07. The first kappa shape index (κ1) is 16.5. The topological polar surface area (TPSA) is 72.2 Å². The van der Waals surface area contributed by atoms with Crippen molar-refractivity contribution in [2.45, 2.75) is 23.6 Å². The highest BCUT2D eigenvalue weighted by Gasteiger charge is 2.18. The van der Waals surface area contributed by atoms with Crippen LogP contribution in [0.3, 0.4) is 0 Å². The molecule has 0 amide bonds. The molecule has 1 heterocycles. The zero-order valence-electron chi connectivity index (χ0n) is 11.5. The van der Waals surface area contributed by atoms with E-state index in [1.54, 1.807) is 13.0 Å². The van der Waals surface area contributed by atoms with Crippen molar-refractivity contribution >= 4 is 33.0 Å². The second-order valence-corrected chi connectivity index (χ2v) is 8.37. The molecule has 0 fully saturated rings. The Labute approximate surface area is 134 Å². The first-order chi connectivity index (χ1) is 9.90. The van der Waals surface area contributed by atoms with E-state index in [9.17, 15) is 8.42 Å². The number of thiophene rings is 1. The summed E-state index contributed by atoms with van der Waals surface area (Å²) in [6.45, 7) is 2.07. The molecule has 0 aliphatic heterocycles. The van der Waals surface area contributed by atoms with Gasteiger partial charge in [0, 0.05) is 12.6 Å². The van der Waals surface area contributed by atoms with E-state index in [0.29, 0.717) is 10.8 Å². The number of nitrogens with two attached hydrogens (primary N) is 1. The summed E-state index contributed by atoms with van der Waals surface area (Å²) in [5.74, 6) is 0. The predicted octanol–water partition coefficient (Wildman–Crippen LogP) is 3.08. The van der Waals surface area contributed by atoms with Crippen molar-refractivity contribution < 1.29 is 8.42 Å². The van der Waals surface area contributed by atoms with Crippen molar-refractivity contribution in [2.24, 2.45) is 5.73 Å². The zero-order valence-corrected chi connectivity index (χ0v) is 13.9. The summed E-state index contributed by atoms with van der Waals surface area (Å²) >= 11 is 6.97. The van der Waals surface area contributed by atoms with Gasteiger partial charge in [0.1, 0.15) is 4.21 Å². The molecule has 0 bridgehead atoms. The Balaban J connectivity index is 1.93. The highest BCUT2D eigenvalue weighted by Crippen LogP contribution is 2.29. The molecular formula is C14H17ClN2O2S2. The SMILES string of the molecule is Cc1cc(S(=O)(=O)NCCC(N)c2ccccc2)sc1Cl. The molecule has 2 aromatic rings. The van der Waals surface area contributed by atoms with Crippen LogP contribution in [0.25, 0.3) is 0 Å². The molecule has 0 aliphatic carbocycles. The number of nitrogens with one attached hydrogen (secondary N) is 1. The minimum absolute atomic E-state index is 0.192. The van der Waals surface area contributed by atoms with E-state index in [1.807, 2.05) is 30.3 Å². The smallest absolute Gasteiger partial charge is 0.250 e. The Morgan fingerprint density at radius 1 is 1.33 bits per heavy atom. The van der Waals surface area contributed by atoms with Crippen LogP contribution in [-0.2, 0) is 10.0 Å². The van der Waals surface area contributed by atoms with Gasteiger partial charge in [0.25, 0.3) is 0 Å². The van der Waals surface area contributed by atoms with Crippen molar-refractivity contribution in [3.63, 3.8) is 0 Å². The van der Waals surface area contributed by atoms with Crippen molar-refractivity contribution in [1.82, 2.24) is 4.72 Å². The van der Waals surface area contributed by atoms with Crippen LogP contribution in [0.1, 0.15) is 23.6 Å². The molecule has 0 radical (unpaired) electrons. The molecule has 0 saturated carbocycles. The molecule has 7 heteroatoms. The number of hydrogen-bond donors (Lipinski definition) is 2. The summed E-state index contributed by atoms with van der Waals surface area (Å²) in [5, 5.41) is 0. The fourth-order valence-corrected chi connectivity index (χ4v) is 4.65. The lowest BCUT2D eigenvalue weighted by atomic mass is 10.1. The summed E-state index contributed by atoms with van der Waals surface area (Å²) in [5.41, 5.74) is 7.80. The van der Waals surface area contributed by atoms with Gasteiger partial charge in [-0.15, -0.1) is 11.3 Å². The van der Waals surface area contributed by atoms with Crippen LogP contribution >= 0.6 is 22.9 Å². The summed E-state index contributed by atoms with van der Waals surface area (Å²) in [6, 6.07) is 11.0. The lowest BCUT2D eigenvalue weighted by Gasteiger charge is -2.12. The van der Waals surface area contributed by atoms with Crippen molar-refractivity contribution in [2.75, 3.05) is 6.54 Å². The molecule has 1 aromatic heterocycles. The van der Waals surface area contributed by atoms with Gasteiger partial charge >= 0.3 is 0 Å². The summed E-state index contributed by atoms with van der Waals surface area (Å²) in [7, 11) is -3.51. The van der Waals surface area contributed by atoms with Crippen LogP contribution in [0.5, 0.6) is 0 Å². The van der Waals surface area contributed by atoms with Crippen LogP contribution in [0.2, 0.25) is 4.34 Å². The van der Waals surface area contributed by atoms with Crippen LogP contribution in [-0.4, -0.2) is 15.0 Å². The lowest BCUT2D eigenvalue weighted by molar-refractivity contribution is 0.571. The van der Waals surface area contributed by atoms with Gasteiger partial charge in [0.2, 0.25) is 10.0 Å². The van der Waals surface area contributed by atoms with Gasteiger partial charge in [0.15, 0.2) is 0 Å². The monoisotopic (exact) mass is 344 g/mol. The van der Waals surface area contributed by atoms with E-state index < -0.39 is 10.0 Å². The van der Waals surface area contributed by atoms with Crippen molar-refractivity contribution in [3.05, 3.63) is 51.9 Å². The average Bonchev–Trinajstić information content (AvgIpc) is 2.80. The highest BCUT2D eigenvalue weighted by molar-refractivity contribution is 7.91. The Bertz CT molecular complexity index is 680. The molecule has 114 valence electrons. The first-order valence-electron chi connectivity index (χ1n) is 6.46. The van der Waals surface area contributed by atoms with Crippen molar-refractivity contribution in [1.29, 1.82) is 0 Å². The molecule has 21 heavy (non-hydrogen) atoms. The standard InChI is InChI=1S/C14H17ClN2O2S2/c1-10-9-13(20-14(10)15)21(18,19)17-8-7-12(16)11-5-3-2-4-6-11/h2-6,9,12,17H,7-8,16H2,1H3. The van der Waals surface area contributed by atoms with E-state index in [1.165, 1.54) is 0 Å². The van der Waals surface area contributed by atoms with Gasteiger partial charge in [-0.1, -0.05) is 41.9 Å². The third-order valence-corrected chi connectivity index (χ3v) is 6.56. The lowest BCUT2D eigenvalue weighted by Crippen LogP contribution is -2.26. The Morgan fingerprint density at radius 3 is 2.57 bits per heavy atom. The van der Waals surface area contributed by atoms with Gasteiger partial charge in [0.05, 0.1) is 4.34 Å². The molecule has 0 spiro atoms. The van der Waals surface area contributed by atoms with E-state index >= 15 is 0 Å². The van der Waals surface area contributed by atoms with Gasteiger partial charge in [-0.2, -0.15) is 0 Å². The van der Waals surface area contributed by atoms with Crippen LogP contribution in [0.4, 0.5) is 0 Å². The van der Waals surface area contributed by atoms with Gasteiger partial charge in [-0.3, -0.25) is 0 Å². The van der Waals surface area contributed by atoms with E-state index in [4.69, 9.17) is 17.3 Å². The largest absolute Gasteiger partial charge is 0.324 e. The second kappa shape index (κ2) is 6.89. The maximum Gasteiger partial charge on any atom is 0.250 e. The van der Waals surface area contributed by atoms with Crippen LogP contribution in [0, 0.1) is 6.92 Å². The fourth-order valence-electron chi connectivity index (χ4n) is 1.85. The number of sulfonamides is 1. The Morgan fingerprint density at radius 2 is 2.00 bits per heavy atom. The number of rotatable bonds is 6. The molecule has 4 nitrogen and oxygen atoms in total. The van der Waals surface area contributed by atoms with Gasteiger partial charge in [-0.25, -0.2) is 13.1 Å². The molecule has 1 aromatic carbocycles. The fraction of sp³-hybridized carbons (Fsp3) is 0.286. The normalized spacial score (nSPS) is 13.3. The van der Waals surface area contributed by atoms with Crippen molar-refractivity contribution in [3.8, 4) is 0 Å². The van der Waals surface area contributed by atoms with Gasteiger partial charge < -0.3 is 5.73 Å². The van der Waals surface area contributed by atoms with Crippen LogP contribution < -0.4 is 10.5 Å². The molecule has 2 rings (SSSR count). The predicted molar refractivity (Wildman–Crippen MR) is 87.2 cm³/mol. The summed E-state index contributed by atoms with van der Waals surface area (Å²) < 4.78 is 27.5. The molecule has 1 unspecified atom stereocenters. The molecular weight excluding hydrogens is 328 g/mol. The minimum atomic E-state index is -3.51. The van der Waals surface area contributed by atoms with E-state index in [2.05, 4.69) is 4.72 Å². The molecule has 1 atom stereocenters. The summed E-state index contributed by atoms with van der Waals surface area (Å²) in [6.07, 6.45) is 0.529. The Hall–Kier alpha value is -0.920. The maximum atomic E-state index is 12.1.